The summed E-state index contributed by atoms with van der Waals surface area (Å²) in [5.41, 5.74) is 1.13. The highest BCUT2D eigenvalue weighted by Gasteiger charge is 2.20. The van der Waals surface area contributed by atoms with Crippen LogP contribution in [0, 0.1) is 0 Å². The van der Waals surface area contributed by atoms with Gasteiger partial charge in [0, 0.05) is 25.2 Å². The molecule has 100 valence electrons. The summed E-state index contributed by atoms with van der Waals surface area (Å²) in [6.45, 7) is 2.10. The molecular formula is C14H22N2O2. The minimum Gasteiger partial charge on any atom is -0.497 e. The Hall–Kier alpha value is -1.42. The zero-order valence-corrected chi connectivity index (χ0v) is 11.4. The lowest BCUT2D eigenvalue weighted by Gasteiger charge is -2.34. The van der Waals surface area contributed by atoms with E-state index in [0.29, 0.717) is 6.04 Å². The average molecular weight is 250 g/mol. The van der Waals surface area contributed by atoms with Crippen molar-refractivity contribution in [1.82, 2.24) is 5.32 Å². The minimum atomic E-state index is 0.637. The van der Waals surface area contributed by atoms with E-state index >= 15 is 0 Å². The molecule has 18 heavy (non-hydrogen) atoms. The predicted octanol–water partition coefficient (Wildman–Crippen LogP) is 1.89. The Balaban J connectivity index is 2.16. The van der Waals surface area contributed by atoms with Crippen LogP contribution in [0.15, 0.2) is 18.2 Å². The number of ether oxygens (including phenoxy) is 2. The molecule has 1 aliphatic rings. The lowest BCUT2D eigenvalue weighted by Crippen LogP contribution is -2.41. The molecule has 0 saturated carbocycles. The molecule has 0 spiro atoms. The first-order chi connectivity index (χ1) is 8.78. The number of hydrogen-bond donors (Lipinski definition) is 1. The molecule has 0 aromatic heterocycles. The van der Waals surface area contributed by atoms with Crippen LogP contribution in [0.2, 0.25) is 0 Å². The van der Waals surface area contributed by atoms with Gasteiger partial charge in [-0.1, -0.05) is 0 Å². The van der Waals surface area contributed by atoms with Crippen LogP contribution in [0.5, 0.6) is 11.5 Å². The zero-order valence-electron chi connectivity index (χ0n) is 11.4. The van der Waals surface area contributed by atoms with Gasteiger partial charge in [0.25, 0.3) is 0 Å². The van der Waals surface area contributed by atoms with Gasteiger partial charge in [-0.3, -0.25) is 0 Å². The first kappa shape index (κ1) is 13.0. The number of methoxy groups -OCH3 is 2. The maximum absolute atomic E-state index is 5.44. The summed E-state index contributed by atoms with van der Waals surface area (Å²) in [7, 11) is 5.44. The third-order valence-corrected chi connectivity index (χ3v) is 3.63. The van der Waals surface area contributed by atoms with Crippen molar-refractivity contribution in [3.63, 3.8) is 0 Å². The van der Waals surface area contributed by atoms with E-state index in [-0.39, 0.29) is 0 Å². The van der Waals surface area contributed by atoms with E-state index in [1.165, 1.54) is 0 Å². The number of rotatable bonds is 4. The van der Waals surface area contributed by atoms with Gasteiger partial charge in [-0.2, -0.15) is 0 Å². The van der Waals surface area contributed by atoms with Gasteiger partial charge >= 0.3 is 0 Å². The van der Waals surface area contributed by atoms with Gasteiger partial charge in [0.1, 0.15) is 11.5 Å². The molecule has 0 bridgehead atoms. The second kappa shape index (κ2) is 5.96. The Labute approximate surface area is 109 Å². The molecule has 0 unspecified atom stereocenters. The molecule has 2 rings (SSSR count). The number of benzene rings is 1. The number of anilines is 1. The minimum absolute atomic E-state index is 0.637. The normalized spacial score (nSPS) is 16.7. The first-order valence-electron chi connectivity index (χ1n) is 6.42. The molecule has 1 saturated heterocycles. The topological polar surface area (TPSA) is 33.7 Å². The highest BCUT2D eigenvalue weighted by molar-refractivity contribution is 5.61. The molecule has 4 nitrogen and oxygen atoms in total. The lowest BCUT2D eigenvalue weighted by atomic mass is 10.0. The van der Waals surface area contributed by atoms with Gasteiger partial charge in [0.15, 0.2) is 0 Å². The highest BCUT2D eigenvalue weighted by Crippen LogP contribution is 2.33. The Bertz CT molecular complexity index is 387. The summed E-state index contributed by atoms with van der Waals surface area (Å²) in [6, 6.07) is 6.59. The molecule has 1 aromatic carbocycles. The molecule has 1 aliphatic heterocycles. The van der Waals surface area contributed by atoms with Gasteiger partial charge in [-0.25, -0.2) is 0 Å². The predicted molar refractivity (Wildman–Crippen MR) is 73.8 cm³/mol. The van der Waals surface area contributed by atoms with E-state index < -0.39 is 0 Å². The summed E-state index contributed by atoms with van der Waals surface area (Å²) >= 11 is 0. The van der Waals surface area contributed by atoms with Crippen molar-refractivity contribution in [2.24, 2.45) is 0 Å². The fraction of sp³-hybridized carbons (Fsp3) is 0.571. The quantitative estimate of drug-likeness (QED) is 0.885. The number of nitrogens with zero attached hydrogens (tertiary/aromatic N) is 1. The molecule has 0 atom stereocenters. The average Bonchev–Trinajstić information content (AvgIpc) is 2.46. The van der Waals surface area contributed by atoms with Gasteiger partial charge in [0.2, 0.25) is 0 Å². The van der Waals surface area contributed by atoms with Crippen LogP contribution < -0.4 is 19.7 Å². The van der Waals surface area contributed by atoms with E-state index in [1.807, 2.05) is 19.2 Å². The van der Waals surface area contributed by atoms with Gasteiger partial charge < -0.3 is 19.7 Å². The summed E-state index contributed by atoms with van der Waals surface area (Å²) in [5, 5.41) is 3.34. The SMILES string of the molecule is CNC1CCN(c2cc(OC)ccc2OC)CC1. The maximum atomic E-state index is 5.44. The first-order valence-corrected chi connectivity index (χ1v) is 6.42. The van der Waals surface area contributed by atoms with Gasteiger partial charge in [0.05, 0.1) is 19.9 Å². The number of piperidine rings is 1. The largest absolute Gasteiger partial charge is 0.497 e. The Morgan fingerprint density at radius 3 is 2.44 bits per heavy atom. The van der Waals surface area contributed by atoms with Crippen LogP contribution in [0.4, 0.5) is 5.69 Å². The third kappa shape index (κ3) is 2.70. The van der Waals surface area contributed by atoms with Gasteiger partial charge in [-0.15, -0.1) is 0 Å². The van der Waals surface area contributed by atoms with Crippen LogP contribution >= 0.6 is 0 Å². The van der Waals surface area contributed by atoms with Crippen molar-refractivity contribution in [1.29, 1.82) is 0 Å². The summed E-state index contributed by atoms with van der Waals surface area (Å²) < 4.78 is 10.7. The summed E-state index contributed by atoms with van der Waals surface area (Å²) in [4.78, 5) is 2.37. The molecule has 0 radical (unpaired) electrons. The number of nitrogens with one attached hydrogen (secondary N) is 1. The number of hydrogen-bond acceptors (Lipinski definition) is 4. The lowest BCUT2D eigenvalue weighted by molar-refractivity contribution is 0.397. The summed E-state index contributed by atoms with van der Waals surface area (Å²) in [5.74, 6) is 1.79. The fourth-order valence-electron chi connectivity index (χ4n) is 2.45. The third-order valence-electron chi connectivity index (χ3n) is 3.63. The molecule has 0 amide bonds. The Morgan fingerprint density at radius 1 is 1.17 bits per heavy atom. The zero-order chi connectivity index (χ0) is 13.0. The molecule has 1 N–H and O–H groups in total. The standard InChI is InChI=1S/C14H22N2O2/c1-15-11-6-8-16(9-7-11)13-10-12(17-2)4-5-14(13)18-3/h4-5,10-11,15H,6-9H2,1-3H3. The van der Waals surface area contributed by atoms with E-state index in [9.17, 15) is 0 Å². The smallest absolute Gasteiger partial charge is 0.142 e. The second-order valence-electron chi connectivity index (χ2n) is 4.59. The van der Waals surface area contributed by atoms with Crippen LogP contribution in [-0.2, 0) is 0 Å². The Kier molecular flexibility index (Phi) is 4.31. The second-order valence-corrected chi connectivity index (χ2v) is 4.59. The summed E-state index contributed by atoms with van der Waals surface area (Å²) in [6.07, 6.45) is 2.33. The van der Waals surface area contributed by atoms with E-state index in [4.69, 9.17) is 9.47 Å². The van der Waals surface area contributed by atoms with Crippen LogP contribution in [0.3, 0.4) is 0 Å². The van der Waals surface area contributed by atoms with Crippen LogP contribution in [0.25, 0.3) is 0 Å². The van der Waals surface area contributed by atoms with Crippen molar-refractivity contribution in [2.45, 2.75) is 18.9 Å². The molecule has 1 heterocycles. The van der Waals surface area contributed by atoms with E-state index in [1.54, 1.807) is 14.2 Å². The van der Waals surface area contributed by atoms with Crippen molar-refractivity contribution in [3.8, 4) is 11.5 Å². The fourth-order valence-corrected chi connectivity index (χ4v) is 2.45. The molecular weight excluding hydrogens is 228 g/mol. The Morgan fingerprint density at radius 2 is 1.89 bits per heavy atom. The molecule has 1 aromatic rings. The van der Waals surface area contributed by atoms with Crippen molar-refractivity contribution < 1.29 is 9.47 Å². The van der Waals surface area contributed by atoms with Crippen molar-refractivity contribution >= 4 is 5.69 Å². The van der Waals surface area contributed by atoms with Gasteiger partial charge in [-0.05, 0) is 32.0 Å². The molecule has 1 fully saturated rings. The van der Waals surface area contributed by atoms with E-state index in [0.717, 1.165) is 43.1 Å². The van der Waals surface area contributed by atoms with Crippen molar-refractivity contribution in [2.75, 3.05) is 39.3 Å². The monoisotopic (exact) mass is 250 g/mol. The van der Waals surface area contributed by atoms with Crippen LogP contribution in [-0.4, -0.2) is 40.4 Å². The molecule has 0 aliphatic carbocycles. The van der Waals surface area contributed by atoms with Crippen molar-refractivity contribution in [3.05, 3.63) is 18.2 Å². The van der Waals surface area contributed by atoms with Crippen LogP contribution in [0.1, 0.15) is 12.8 Å². The highest BCUT2D eigenvalue weighted by atomic mass is 16.5. The maximum Gasteiger partial charge on any atom is 0.142 e. The van der Waals surface area contributed by atoms with E-state index in [2.05, 4.69) is 16.3 Å². The molecule has 4 heteroatoms.